The number of carbonyl (C=O) groups excluding carboxylic acids is 1. The van der Waals surface area contributed by atoms with Gasteiger partial charge in [-0.15, -0.1) is 0 Å². The highest BCUT2D eigenvalue weighted by molar-refractivity contribution is 6.17. The van der Waals surface area contributed by atoms with Crippen molar-refractivity contribution in [3.8, 4) is 5.75 Å². The number of amides is 1. The topological polar surface area (TPSA) is 57.2 Å². The zero-order chi connectivity index (χ0) is 19.7. The van der Waals surface area contributed by atoms with Gasteiger partial charge in [0.2, 0.25) is 5.91 Å². The largest absolute Gasteiger partial charge is 0.494 e. The Balaban J connectivity index is 1.96. The van der Waals surface area contributed by atoms with Crippen LogP contribution in [0.4, 0.5) is 0 Å². The van der Waals surface area contributed by atoms with Gasteiger partial charge in [0.05, 0.1) is 12.1 Å². The van der Waals surface area contributed by atoms with E-state index in [1.807, 2.05) is 25.1 Å². The Bertz CT molecular complexity index is 1170. The summed E-state index contributed by atoms with van der Waals surface area (Å²) in [6, 6.07) is 20.4. The number of rotatable bonds is 6. The Labute approximate surface area is 164 Å². The molecule has 0 unspecified atom stereocenters. The smallest absolute Gasteiger partial charge is 0.249 e. The molecule has 0 atom stereocenters. The number of aryl methyl sites for hydroxylation is 1. The van der Waals surface area contributed by atoms with Gasteiger partial charge in [-0.05, 0) is 54.8 Å². The van der Waals surface area contributed by atoms with E-state index in [-0.39, 0.29) is 0 Å². The number of carbonyl (C=O) groups is 1. The van der Waals surface area contributed by atoms with E-state index in [4.69, 9.17) is 10.5 Å². The van der Waals surface area contributed by atoms with Crippen LogP contribution >= 0.6 is 0 Å². The lowest BCUT2D eigenvalue weighted by Gasteiger charge is -2.10. The molecule has 4 heteroatoms. The summed E-state index contributed by atoms with van der Waals surface area (Å²) in [4.78, 5) is 12.1. The molecule has 4 nitrogen and oxygen atoms in total. The first-order valence-corrected chi connectivity index (χ1v) is 9.67. The van der Waals surface area contributed by atoms with Crippen LogP contribution in [-0.2, 0) is 13.0 Å². The standard InChI is InChI=1S/C24H24N2O2/c1-3-16-11-12-19-22(14-16)26(15-17-7-5-8-18(13-17)28-4-2)21-10-6-9-20(23(19)21)24(25)27/h5-14H,3-4,15H2,1-2H3,(H2,25,27). The van der Waals surface area contributed by atoms with Crippen molar-refractivity contribution in [3.63, 3.8) is 0 Å². The van der Waals surface area contributed by atoms with Crippen LogP contribution in [0, 0.1) is 0 Å². The SMILES string of the molecule is CCOc1cccc(Cn2c3cc(CC)ccc3c3c(C(N)=O)cccc32)c1. The minimum Gasteiger partial charge on any atom is -0.494 e. The summed E-state index contributed by atoms with van der Waals surface area (Å²) in [5.74, 6) is 0.468. The lowest BCUT2D eigenvalue weighted by Crippen LogP contribution is -2.11. The maximum absolute atomic E-state index is 12.1. The molecule has 1 amide bonds. The first kappa shape index (κ1) is 18.1. The van der Waals surface area contributed by atoms with Crippen LogP contribution in [0.1, 0.15) is 35.3 Å². The maximum Gasteiger partial charge on any atom is 0.249 e. The molecule has 1 heterocycles. The van der Waals surface area contributed by atoms with E-state index in [0.717, 1.165) is 39.5 Å². The molecule has 4 aromatic rings. The zero-order valence-corrected chi connectivity index (χ0v) is 16.2. The van der Waals surface area contributed by atoms with Gasteiger partial charge >= 0.3 is 0 Å². The zero-order valence-electron chi connectivity index (χ0n) is 16.2. The lowest BCUT2D eigenvalue weighted by molar-refractivity contribution is 0.100. The molecule has 3 aromatic carbocycles. The van der Waals surface area contributed by atoms with Gasteiger partial charge < -0.3 is 15.0 Å². The second-order valence-corrected chi connectivity index (χ2v) is 6.94. The molecule has 2 N–H and O–H groups in total. The number of primary amides is 1. The summed E-state index contributed by atoms with van der Waals surface area (Å²) in [6.45, 7) is 5.46. The second kappa shape index (κ2) is 7.39. The predicted molar refractivity (Wildman–Crippen MR) is 114 cm³/mol. The third kappa shape index (κ3) is 3.11. The molecule has 28 heavy (non-hydrogen) atoms. The number of fused-ring (bicyclic) bond motifs is 3. The van der Waals surface area contributed by atoms with E-state index < -0.39 is 5.91 Å². The van der Waals surface area contributed by atoms with Crippen LogP contribution in [0.2, 0.25) is 0 Å². The lowest BCUT2D eigenvalue weighted by atomic mass is 10.0. The molecule has 0 fully saturated rings. The molecule has 0 saturated carbocycles. The van der Waals surface area contributed by atoms with Crippen molar-refractivity contribution in [2.24, 2.45) is 5.73 Å². The van der Waals surface area contributed by atoms with Gasteiger partial charge in [-0.3, -0.25) is 4.79 Å². The first-order valence-electron chi connectivity index (χ1n) is 9.67. The van der Waals surface area contributed by atoms with Crippen LogP contribution in [0.3, 0.4) is 0 Å². The van der Waals surface area contributed by atoms with Gasteiger partial charge in [0.25, 0.3) is 0 Å². The molecule has 142 valence electrons. The third-order valence-corrected chi connectivity index (χ3v) is 5.18. The fourth-order valence-electron chi connectivity index (χ4n) is 3.87. The molecule has 0 saturated heterocycles. The van der Waals surface area contributed by atoms with E-state index in [1.165, 1.54) is 5.56 Å². The Hall–Kier alpha value is -3.27. The normalized spacial score (nSPS) is 11.2. The number of hydrogen-bond donors (Lipinski definition) is 1. The van der Waals surface area contributed by atoms with Crippen LogP contribution in [0.15, 0.2) is 60.7 Å². The van der Waals surface area contributed by atoms with Gasteiger partial charge in [0, 0.05) is 28.4 Å². The summed E-state index contributed by atoms with van der Waals surface area (Å²) < 4.78 is 7.92. The molecule has 0 aliphatic carbocycles. The highest BCUT2D eigenvalue weighted by Gasteiger charge is 2.17. The second-order valence-electron chi connectivity index (χ2n) is 6.94. The van der Waals surface area contributed by atoms with Crippen molar-refractivity contribution >= 4 is 27.7 Å². The van der Waals surface area contributed by atoms with Crippen LogP contribution in [0.5, 0.6) is 5.75 Å². The van der Waals surface area contributed by atoms with Crippen molar-refractivity contribution in [3.05, 3.63) is 77.4 Å². The molecular formula is C24H24N2O2. The predicted octanol–water partition coefficient (Wildman–Crippen LogP) is 4.90. The molecule has 4 rings (SSSR count). The van der Waals surface area contributed by atoms with Gasteiger partial charge in [0.1, 0.15) is 5.75 Å². The molecule has 1 aromatic heterocycles. The average Bonchev–Trinajstić information content (AvgIpc) is 3.01. The fraction of sp³-hybridized carbons (Fsp3) is 0.208. The number of benzene rings is 3. The number of nitrogens with two attached hydrogens (primary N) is 1. The number of ether oxygens (including phenoxy) is 1. The summed E-state index contributed by atoms with van der Waals surface area (Å²) in [7, 11) is 0. The van der Waals surface area contributed by atoms with Gasteiger partial charge in [-0.1, -0.05) is 37.3 Å². The van der Waals surface area contributed by atoms with Gasteiger partial charge in [-0.25, -0.2) is 0 Å². The van der Waals surface area contributed by atoms with Crippen LogP contribution < -0.4 is 10.5 Å². The van der Waals surface area contributed by atoms with Gasteiger partial charge in [0.15, 0.2) is 0 Å². The van der Waals surface area contributed by atoms with Crippen molar-refractivity contribution in [1.29, 1.82) is 0 Å². The van der Waals surface area contributed by atoms with E-state index in [9.17, 15) is 4.79 Å². The molecule has 0 aliphatic heterocycles. The fourth-order valence-corrected chi connectivity index (χ4v) is 3.87. The van der Waals surface area contributed by atoms with Crippen LogP contribution in [-0.4, -0.2) is 17.1 Å². The van der Waals surface area contributed by atoms with Crippen molar-refractivity contribution in [2.45, 2.75) is 26.8 Å². The summed E-state index contributed by atoms with van der Waals surface area (Å²) in [5, 5.41) is 1.98. The molecule has 0 aliphatic rings. The van der Waals surface area contributed by atoms with E-state index in [1.54, 1.807) is 6.07 Å². The van der Waals surface area contributed by atoms with Gasteiger partial charge in [-0.2, -0.15) is 0 Å². The Morgan fingerprint density at radius 3 is 2.54 bits per heavy atom. The summed E-state index contributed by atoms with van der Waals surface area (Å²) in [5.41, 5.74) is 10.8. The minimum absolute atomic E-state index is 0.400. The average molecular weight is 372 g/mol. The monoisotopic (exact) mass is 372 g/mol. The first-order chi connectivity index (χ1) is 13.6. The van der Waals surface area contributed by atoms with Crippen molar-refractivity contribution in [2.75, 3.05) is 6.61 Å². The molecular weight excluding hydrogens is 348 g/mol. The van der Waals surface area contributed by atoms with E-state index >= 15 is 0 Å². The van der Waals surface area contributed by atoms with Crippen LogP contribution in [0.25, 0.3) is 21.8 Å². The van der Waals surface area contributed by atoms with Crippen molar-refractivity contribution in [1.82, 2.24) is 4.57 Å². The maximum atomic E-state index is 12.1. The summed E-state index contributed by atoms with van der Waals surface area (Å²) >= 11 is 0. The number of nitrogens with zero attached hydrogens (tertiary/aromatic N) is 1. The number of aromatic nitrogens is 1. The summed E-state index contributed by atoms with van der Waals surface area (Å²) in [6.07, 6.45) is 0.958. The number of hydrogen-bond acceptors (Lipinski definition) is 2. The Morgan fingerprint density at radius 1 is 0.964 bits per heavy atom. The van der Waals surface area contributed by atoms with E-state index in [2.05, 4.69) is 47.9 Å². The molecule has 0 spiro atoms. The molecule has 0 radical (unpaired) electrons. The third-order valence-electron chi connectivity index (χ3n) is 5.18. The van der Waals surface area contributed by atoms with Crippen molar-refractivity contribution < 1.29 is 9.53 Å². The Morgan fingerprint density at radius 2 is 1.79 bits per heavy atom. The minimum atomic E-state index is -0.400. The Kier molecular flexibility index (Phi) is 4.78. The molecule has 0 bridgehead atoms. The highest BCUT2D eigenvalue weighted by Crippen LogP contribution is 2.33. The highest BCUT2D eigenvalue weighted by atomic mass is 16.5. The quantitative estimate of drug-likeness (QED) is 0.523. The van der Waals surface area contributed by atoms with E-state index in [0.29, 0.717) is 18.7 Å².